The van der Waals surface area contributed by atoms with E-state index in [0.717, 1.165) is 0 Å². The van der Waals surface area contributed by atoms with E-state index >= 15 is 0 Å². The molecule has 144 valence electrons. The highest BCUT2D eigenvalue weighted by Gasteiger charge is 2.17. The first-order valence-electron chi connectivity index (χ1n) is 7.90. The fourth-order valence-corrected chi connectivity index (χ4v) is 2.07. The second kappa shape index (κ2) is 8.98. The van der Waals surface area contributed by atoms with Crippen LogP contribution in [0.1, 0.15) is 22.8 Å². The van der Waals surface area contributed by atoms with Crippen LogP contribution in [-0.4, -0.2) is 33.9 Å². The van der Waals surface area contributed by atoms with Crippen LogP contribution in [0, 0.1) is 20.2 Å². The van der Waals surface area contributed by atoms with Gasteiger partial charge in [-0.15, -0.1) is 0 Å². The van der Waals surface area contributed by atoms with E-state index in [9.17, 15) is 29.8 Å². The summed E-state index contributed by atoms with van der Waals surface area (Å²) >= 11 is 0. The van der Waals surface area contributed by atoms with Crippen molar-refractivity contribution in [3.8, 4) is 0 Å². The molecule has 2 amide bonds. The quantitative estimate of drug-likeness (QED) is 0.420. The van der Waals surface area contributed by atoms with Crippen LogP contribution in [0.3, 0.4) is 0 Å². The van der Waals surface area contributed by atoms with Crippen LogP contribution < -0.4 is 10.7 Å². The lowest BCUT2D eigenvalue weighted by atomic mass is 10.2. The SMILES string of the molecule is CC(NC(=O)c1ccc([N+](=O)[O-])cc1)C(=O)N/N=C/c1cccc([N+](=O)[O-])c1. The number of nitro groups is 2. The number of hydrazone groups is 1. The Morgan fingerprint density at radius 2 is 1.68 bits per heavy atom. The van der Waals surface area contributed by atoms with Gasteiger partial charge in [-0.3, -0.25) is 29.8 Å². The second-order valence-corrected chi connectivity index (χ2v) is 5.59. The third-order valence-electron chi connectivity index (χ3n) is 3.55. The summed E-state index contributed by atoms with van der Waals surface area (Å²) in [6.07, 6.45) is 1.23. The van der Waals surface area contributed by atoms with Gasteiger partial charge in [-0.1, -0.05) is 12.1 Å². The Bertz CT molecular complexity index is 941. The van der Waals surface area contributed by atoms with E-state index in [0.29, 0.717) is 5.56 Å². The van der Waals surface area contributed by atoms with Gasteiger partial charge >= 0.3 is 0 Å². The number of benzene rings is 2. The van der Waals surface area contributed by atoms with Gasteiger partial charge in [0, 0.05) is 35.4 Å². The summed E-state index contributed by atoms with van der Waals surface area (Å²) in [5.74, 6) is -1.20. The molecule has 2 rings (SSSR count). The summed E-state index contributed by atoms with van der Waals surface area (Å²) in [6.45, 7) is 1.43. The first-order valence-corrected chi connectivity index (χ1v) is 7.90. The van der Waals surface area contributed by atoms with Crippen molar-refractivity contribution in [2.24, 2.45) is 5.10 Å². The maximum atomic E-state index is 12.1. The monoisotopic (exact) mass is 385 g/mol. The Balaban J connectivity index is 1.91. The number of carbonyl (C=O) groups excluding carboxylic acids is 2. The molecule has 0 aromatic heterocycles. The van der Waals surface area contributed by atoms with Crippen LogP contribution >= 0.6 is 0 Å². The Hall–Kier alpha value is -4.15. The minimum absolute atomic E-state index is 0.112. The zero-order valence-corrected chi connectivity index (χ0v) is 14.6. The van der Waals surface area contributed by atoms with Crippen molar-refractivity contribution in [3.63, 3.8) is 0 Å². The van der Waals surface area contributed by atoms with E-state index in [1.54, 1.807) is 6.07 Å². The summed E-state index contributed by atoms with van der Waals surface area (Å²) in [5, 5.41) is 27.5. The number of hydrogen-bond donors (Lipinski definition) is 2. The van der Waals surface area contributed by atoms with Crippen molar-refractivity contribution in [3.05, 3.63) is 79.9 Å². The molecule has 0 aliphatic rings. The van der Waals surface area contributed by atoms with E-state index < -0.39 is 27.7 Å². The normalized spacial score (nSPS) is 11.6. The maximum absolute atomic E-state index is 12.1. The van der Waals surface area contributed by atoms with Gasteiger partial charge in [0.05, 0.1) is 16.1 Å². The standard InChI is InChI=1S/C17H15N5O6/c1-11(19-17(24)13-5-7-14(8-6-13)21(25)26)16(23)20-18-10-12-3-2-4-15(9-12)22(27)28/h2-11H,1H3,(H,19,24)(H,20,23)/b18-10+. The summed E-state index contributed by atoms with van der Waals surface area (Å²) < 4.78 is 0. The molecule has 1 atom stereocenters. The molecule has 0 bridgehead atoms. The number of rotatable bonds is 7. The molecule has 0 aliphatic carbocycles. The predicted molar refractivity (Wildman–Crippen MR) is 98.9 cm³/mol. The third kappa shape index (κ3) is 5.42. The van der Waals surface area contributed by atoms with Crippen LogP contribution in [0.25, 0.3) is 0 Å². The highest BCUT2D eigenvalue weighted by molar-refractivity contribution is 5.97. The zero-order valence-electron chi connectivity index (χ0n) is 14.6. The molecule has 0 heterocycles. The summed E-state index contributed by atoms with van der Waals surface area (Å²) in [4.78, 5) is 44.2. The molecule has 2 N–H and O–H groups in total. The summed E-state index contributed by atoms with van der Waals surface area (Å²) in [7, 11) is 0. The fraction of sp³-hybridized carbons (Fsp3) is 0.118. The first kappa shape index (κ1) is 20.2. The van der Waals surface area contributed by atoms with Crippen molar-refractivity contribution in [2.75, 3.05) is 0 Å². The molecule has 11 heteroatoms. The number of nitrogens with zero attached hydrogens (tertiary/aromatic N) is 3. The predicted octanol–water partition coefficient (Wildman–Crippen LogP) is 1.77. The van der Waals surface area contributed by atoms with Gasteiger partial charge in [-0.2, -0.15) is 5.10 Å². The van der Waals surface area contributed by atoms with Gasteiger partial charge < -0.3 is 5.32 Å². The lowest BCUT2D eigenvalue weighted by molar-refractivity contribution is -0.385. The second-order valence-electron chi connectivity index (χ2n) is 5.59. The molecule has 2 aromatic rings. The largest absolute Gasteiger partial charge is 0.340 e. The molecule has 0 saturated heterocycles. The molecule has 0 aliphatic heterocycles. The van der Waals surface area contributed by atoms with Crippen LogP contribution in [0.2, 0.25) is 0 Å². The van der Waals surface area contributed by atoms with Gasteiger partial charge in [0.1, 0.15) is 6.04 Å². The van der Waals surface area contributed by atoms with E-state index in [1.807, 2.05) is 0 Å². The molecule has 2 aromatic carbocycles. The van der Waals surface area contributed by atoms with Crippen LogP contribution in [0.15, 0.2) is 53.6 Å². The van der Waals surface area contributed by atoms with Crippen LogP contribution in [0.4, 0.5) is 11.4 Å². The summed E-state index contributed by atoms with van der Waals surface area (Å²) in [5.41, 5.74) is 2.52. The Kier molecular flexibility index (Phi) is 6.47. The van der Waals surface area contributed by atoms with E-state index in [4.69, 9.17) is 0 Å². The van der Waals surface area contributed by atoms with Gasteiger partial charge in [0.25, 0.3) is 23.2 Å². The molecular weight excluding hydrogens is 370 g/mol. The van der Waals surface area contributed by atoms with Crippen LogP contribution in [0.5, 0.6) is 0 Å². The minimum Gasteiger partial charge on any atom is -0.340 e. The van der Waals surface area contributed by atoms with E-state index in [2.05, 4.69) is 15.8 Å². The zero-order chi connectivity index (χ0) is 20.7. The van der Waals surface area contributed by atoms with Crippen molar-refractivity contribution < 1.29 is 19.4 Å². The Morgan fingerprint density at radius 1 is 1.04 bits per heavy atom. The smallest absolute Gasteiger partial charge is 0.270 e. The topological polar surface area (TPSA) is 157 Å². The van der Waals surface area contributed by atoms with Gasteiger partial charge in [-0.05, 0) is 19.1 Å². The van der Waals surface area contributed by atoms with Crippen molar-refractivity contribution in [1.29, 1.82) is 0 Å². The number of amides is 2. The fourth-order valence-electron chi connectivity index (χ4n) is 2.07. The molecule has 28 heavy (non-hydrogen) atoms. The molecule has 0 spiro atoms. The minimum atomic E-state index is -0.940. The van der Waals surface area contributed by atoms with Gasteiger partial charge in [0.15, 0.2) is 0 Å². The molecule has 1 unspecified atom stereocenters. The number of non-ortho nitro benzene ring substituents is 2. The third-order valence-corrected chi connectivity index (χ3v) is 3.55. The van der Waals surface area contributed by atoms with Gasteiger partial charge in [-0.25, -0.2) is 5.43 Å². The first-order chi connectivity index (χ1) is 13.3. The lowest BCUT2D eigenvalue weighted by Gasteiger charge is -2.12. The Morgan fingerprint density at radius 3 is 2.29 bits per heavy atom. The number of hydrogen-bond acceptors (Lipinski definition) is 7. The van der Waals surface area contributed by atoms with E-state index in [-0.39, 0.29) is 16.9 Å². The molecule has 0 saturated carbocycles. The van der Waals surface area contributed by atoms with Crippen molar-refractivity contribution >= 4 is 29.4 Å². The van der Waals surface area contributed by atoms with E-state index in [1.165, 1.54) is 55.6 Å². The molecule has 0 fully saturated rings. The molecule has 11 nitrogen and oxygen atoms in total. The summed E-state index contributed by atoms with van der Waals surface area (Å²) in [6, 6.07) is 9.64. The average Bonchev–Trinajstić information content (AvgIpc) is 2.68. The van der Waals surface area contributed by atoms with Crippen molar-refractivity contribution in [1.82, 2.24) is 10.7 Å². The number of nitrogens with one attached hydrogen (secondary N) is 2. The van der Waals surface area contributed by atoms with Crippen molar-refractivity contribution in [2.45, 2.75) is 13.0 Å². The molecular formula is C17H15N5O6. The molecule has 0 radical (unpaired) electrons. The number of carbonyl (C=O) groups is 2. The Labute approximate surface area is 158 Å². The van der Waals surface area contributed by atoms with Gasteiger partial charge in [0.2, 0.25) is 0 Å². The average molecular weight is 385 g/mol. The highest BCUT2D eigenvalue weighted by Crippen LogP contribution is 2.12. The maximum Gasteiger partial charge on any atom is 0.270 e. The highest BCUT2D eigenvalue weighted by atomic mass is 16.6. The van der Waals surface area contributed by atoms with Crippen LogP contribution in [-0.2, 0) is 4.79 Å². The lowest BCUT2D eigenvalue weighted by Crippen LogP contribution is -2.43. The number of nitro benzene ring substituents is 2.